The number of fused-ring (bicyclic) bond motifs is 3. The molecular weight excluding hydrogens is 314 g/mol. The van der Waals surface area contributed by atoms with Crippen molar-refractivity contribution < 1.29 is 9.53 Å². The minimum Gasteiger partial charge on any atom is -0.466 e. The predicted octanol–water partition coefficient (Wildman–Crippen LogP) is 3.40. The van der Waals surface area contributed by atoms with Gasteiger partial charge in [-0.1, -0.05) is 12.2 Å². The number of ether oxygens (including phenoxy) is 1. The zero-order chi connectivity index (χ0) is 16.0. The summed E-state index contributed by atoms with van der Waals surface area (Å²) in [5.41, 5.74) is 0.783. The van der Waals surface area contributed by atoms with E-state index in [1.807, 2.05) is 19.2 Å². The van der Waals surface area contributed by atoms with E-state index in [0.29, 0.717) is 12.5 Å². The zero-order valence-electron chi connectivity index (χ0n) is 12.9. The van der Waals surface area contributed by atoms with Crippen LogP contribution in [0.2, 0.25) is 5.28 Å². The minimum atomic E-state index is -0.164. The Kier molecular flexibility index (Phi) is 3.60. The van der Waals surface area contributed by atoms with E-state index in [1.165, 1.54) is 0 Å². The Morgan fingerprint density at radius 1 is 1.39 bits per heavy atom. The van der Waals surface area contributed by atoms with Crippen LogP contribution in [0.15, 0.2) is 30.6 Å². The Hall–Kier alpha value is -1.88. The van der Waals surface area contributed by atoms with Crippen LogP contribution in [0, 0.1) is 17.8 Å². The van der Waals surface area contributed by atoms with Gasteiger partial charge in [0.15, 0.2) is 0 Å². The maximum Gasteiger partial charge on any atom is 0.311 e. The first-order valence-corrected chi connectivity index (χ1v) is 8.41. The molecule has 0 amide bonds. The number of carbonyl (C=O) groups is 1. The highest BCUT2D eigenvalue weighted by atomic mass is 35.5. The molecule has 120 valence electrons. The molecule has 0 N–H and O–H groups in total. The van der Waals surface area contributed by atoms with Crippen LogP contribution >= 0.6 is 11.6 Å². The average molecular weight is 332 g/mol. The van der Waals surface area contributed by atoms with Crippen molar-refractivity contribution in [3.63, 3.8) is 0 Å². The lowest BCUT2D eigenvalue weighted by atomic mass is 9.65. The highest BCUT2D eigenvalue weighted by Crippen LogP contribution is 2.48. The Morgan fingerprint density at radius 3 is 2.91 bits per heavy atom. The van der Waals surface area contributed by atoms with Gasteiger partial charge in [-0.3, -0.25) is 4.79 Å². The van der Waals surface area contributed by atoms with Crippen molar-refractivity contribution in [3.8, 4) is 0 Å². The molecule has 5 nitrogen and oxygen atoms in total. The van der Waals surface area contributed by atoms with Crippen LogP contribution in [0.4, 0.5) is 0 Å². The van der Waals surface area contributed by atoms with E-state index in [4.69, 9.17) is 16.3 Å². The van der Waals surface area contributed by atoms with Gasteiger partial charge in [-0.2, -0.15) is 4.98 Å². The molecule has 3 aliphatic carbocycles. The van der Waals surface area contributed by atoms with Gasteiger partial charge in [0.2, 0.25) is 5.28 Å². The Labute approximate surface area is 139 Å². The first-order chi connectivity index (χ1) is 11.2. The van der Waals surface area contributed by atoms with Crippen molar-refractivity contribution in [2.24, 2.45) is 17.8 Å². The number of aromatic nitrogens is 3. The molecule has 2 heterocycles. The molecule has 3 aliphatic rings. The lowest BCUT2D eigenvalue weighted by Crippen LogP contribution is -2.43. The van der Waals surface area contributed by atoms with Crippen LogP contribution in [-0.2, 0) is 9.53 Å². The number of esters is 1. The van der Waals surface area contributed by atoms with Crippen LogP contribution in [0.25, 0.3) is 11.0 Å². The van der Waals surface area contributed by atoms with Crippen LogP contribution < -0.4 is 0 Å². The number of hydrogen-bond donors (Lipinski definition) is 0. The van der Waals surface area contributed by atoms with Crippen molar-refractivity contribution in [2.75, 3.05) is 6.61 Å². The summed E-state index contributed by atoms with van der Waals surface area (Å²) in [4.78, 5) is 21.0. The molecule has 0 radical (unpaired) electrons. The van der Waals surface area contributed by atoms with Crippen LogP contribution in [-0.4, -0.2) is 27.1 Å². The van der Waals surface area contributed by atoms with Gasteiger partial charge in [0.1, 0.15) is 5.65 Å². The molecule has 4 unspecified atom stereocenters. The van der Waals surface area contributed by atoms with Gasteiger partial charge in [-0.15, -0.1) is 0 Å². The second kappa shape index (κ2) is 5.64. The third-order valence-corrected chi connectivity index (χ3v) is 5.19. The van der Waals surface area contributed by atoms with E-state index in [-0.39, 0.29) is 29.1 Å². The van der Waals surface area contributed by atoms with E-state index < -0.39 is 0 Å². The normalized spacial score (nSPS) is 29.1. The zero-order valence-corrected chi connectivity index (χ0v) is 13.6. The van der Waals surface area contributed by atoms with Gasteiger partial charge >= 0.3 is 5.97 Å². The second-order valence-electron chi connectivity index (χ2n) is 6.20. The molecule has 0 aromatic carbocycles. The predicted molar refractivity (Wildman–Crippen MR) is 87.1 cm³/mol. The maximum absolute atomic E-state index is 12.6. The van der Waals surface area contributed by atoms with Gasteiger partial charge < -0.3 is 9.30 Å². The summed E-state index contributed by atoms with van der Waals surface area (Å²) in [6, 6.07) is 2.00. The number of nitrogens with zero attached hydrogens (tertiary/aromatic N) is 3. The molecule has 6 heteroatoms. The Balaban J connectivity index is 1.82. The number of carbonyl (C=O) groups excluding carboxylic acids is 1. The standard InChI is InChI=1S/C17H18ClN3O2/c1-2-23-16(22)13-10-3-5-11(6-4-10)14(13)21-8-7-12-9-19-17(18)20-15(12)21/h3,5,7-11,13-14H,2,4,6H2,1H3. The molecule has 4 atom stereocenters. The lowest BCUT2D eigenvalue weighted by molar-refractivity contribution is -0.153. The molecule has 0 aliphatic heterocycles. The number of halogens is 1. The second-order valence-corrected chi connectivity index (χ2v) is 6.54. The summed E-state index contributed by atoms with van der Waals surface area (Å²) < 4.78 is 7.44. The molecule has 1 fully saturated rings. The van der Waals surface area contributed by atoms with Gasteiger partial charge in [-0.25, -0.2) is 4.98 Å². The minimum absolute atomic E-state index is 0.0290. The van der Waals surface area contributed by atoms with E-state index in [2.05, 4.69) is 26.7 Å². The fourth-order valence-electron chi connectivity index (χ4n) is 4.06. The number of hydrogen-bond acceptors (Lipinski definition) is 4. The largest absolute Gasteiger partial charge is 0.466 e. The average Bonchev–Trinajstić information content (AvgIpc) is 2.98. The smallest absolute Gasteiger partial charge is 0.311 e. The topological polar surface area (TPSA) is 57.0 Å². The lowest BCUT2D eigenvalue weighted by Gasteiger charge is -2.44. The van der Waals surface area contributed by atoms with Crippen LogP contribution in [0.5, 0.6) is 0 Å². The summed E-state index contributed by atoms with van der Waals surface area (Å²) in [6.45, 7) is 2.26. The van der Waals surface area contributed by atoms with E-state index in [9.17, 15) is 4.79 Å². The van der Waals surface area contributed by atoms with Crippen LogP contribution in [0.1, 0.15) is 25.8 Å². The van der Waals surface area contributed by atoms with Crippen LogP contribution in [0.3, 0.4) is 0 Å². The van der Waals surface area contributed by atoms with Gasteiger partial charge in [-0.05, 0) is 49.3 Å². The van der Waals surface area contributed by atoms with Gasteiger partial charge in [0.05, 0.1) is 18.6 Å². The highest BCUT2D eigenvalue weighted by molar-refractivity contribution is 6.28. The van der Waals surface area contributed by atoms with Crippen molar-refractivity contribution in [2.45, 2.75) is 25.8 Å². The van der Waals surface area contributed by atoms with Gasteiger partial charge in [0.25, 0.3) is 0 Å². The van der Waals surface area contributed by atoms with Crippen molar-refractivity contribution in [3.05, 3.63) is 35.9 Å². The summed E-state index contributed by atoms with van der Waals surface area (Å²) in [6.07, 6.45) is 10.2. The first kappa shape index (κ1) is 14.7. The fourth-order valence-corrected chi connectivity index (χ4v) is 4.18. The molecule has 0 spiro atoms. The van der Waals surface area contributed by atoms with Crippen molar-refractivity contribution in [1.29, 1.82) is 0 Å². The third-order valence-electron chi connectivity index (χ3n) is 5.01. The number of rotatable bonds is 3. The monoisotopic (exact) mass is 331 g/mol. The molecule has 23 heavy (non-hydrogen) atoms. The Bertz CT molecular complexity index is 785. The molecular formula is C17H18ClN3O2. The van der Waals surface area contributed by atoms with E-state index in [1.54, 1.807) is 6.20 Å². The molecule has 2 aromatic rings. The first-order valence-electron chi connectivity index (χ1n) is 8.03. The number of allylic oxidation sites excluding steroid dienone is 2. The summed E-state index contributed by atoms with van der Waals surface area (Å²) in [7, 11) is 0. The molecule has 2 bridgehead atoms. The molecule has 1 saturated carbocycles. The molecule has 5 rings (SSSR count). The quantitative estimate of drug-likeness (QED) is 0.491. The Morgan fingerprint density at radius 2 is 2.17 bits per heavy atom. The SMILES string of the molecule is CCOC(=O)C1C2C=CC(CC2)C1n1ccc2cnc(Cl)nc21. The van der Waals surface area contributed by atoms with Gasteiger partial charge in [0, 0.05) is 17.8 Å². The van der Waals surface area contributed by atoms with E-state index >= 15 is 0 Å². The summed E-state index contributed by atoms with van der Waals surface area (Å²) >= 11 is 5.97. The van der Waals surface area contributed by atoms with E-state index in [0.717, 1.165) is 23.9 Å². The molecule has 2 aromatic heterocycles. The molecule has 0 saturated heterocycles. The summed E-state index contributed by atoms with van der Waals surface area (Å²) in [5, 5.41) is 1.16. The maximum atomic E-state index is 12.6. The summed E-state index contributed by atoms with van der Waals surface area (Å²) in [5.74, 6) is 0.277. The fraction of sp³-hybridized carbons (Fsp3) is 0.471. The third kappa shape index (κ3) is 2.34. The van der Waals surface area contributed by atoms with Crippen molar-refractivity contribution in [1.82, 2.24) is 14.5 Å². The van der Waals surface area contributed by atoms with Crippen molar-refractivity contribution >= 4 is 28.6 Å². The highest BCUT2D eigenvalue weighted by Gasteiger charge is 2.46.